The summed E-state index contributed by atoms with van der Waals surface area (Å²) in [6.07, 6.45) is 2.25. The molecule has 1 fully saturated rings. The lowest BCUT2D eigenvalue weighted by atomic mass is 10.0. The fourth-order valence-electron chi connectivity index (χ4n) is 1.89. The van der Waals surface area contributed by atoms with E-state index in [0.717, 1.165) is 19.5 Å². The molecule has 3 amide bonds. The molecule has 98 valence electrons. The average molecular weight is 243 g/mol. The average Bonchev–Trinajstić information content (AvgIpc) is 2.28. The Hall–Kier alpha value is -1.30. The maximum atomic E-state index is 11.7. The van der Waals surface area contributed by atoms with Crippen molar-refractivity contribution in [3.8, 4) is 0 Å². The lowest BCUT2D eigenvalue weighted by molar-refractivity contribution is -0.122. The van der Waals surface area contributed by atoms with Crippen LogP contribution in [-0.2, 0) is 9.53 Å². The van der Waals surface area contributed by atoms with Crippen LogP contribution in [0.5, 0.6) is 0 Å². The molecule has 0 spiro atoms. The number of carbonyl (C=O) groups excluding carboxylic acids is 2. The van der Waals surface area contributed by atoms with Gasteiger partial charge in [0, 0.05) is 19.6 Å². The van der Waals surface area contributed by atoms with Gasteiger partial charge in [0.2, 0.25) is 5.91 Å². The third-order valence-electron chi connectivity index (χ3n) is 2.71. The summed E-state index contributed by atoms with van der Waals surface area (Å²) in [6.45, 7) is 4.38. The van der Waals surface area contributed by atoms with Crippen molar-refractivity contribution in [1.29, 1.82) is 0 Å². The van der Waals surface area contributed by atoms with Crippen LogP contribution in [0.4, 0.5) is 4.79 Å². The predicted molar refractivity (Wildman–Crippen MR) is 63.4 cm³/mol. The SMILES string of the molecule is CC1CCCN(C(=O)NCCOCC(N)=O)C1. The highest BCUT2D eigenvalue weighted by Gasteiger charge is 2.20. The van der Waals surface area contributed by atoms with Gasteiger partial charge in [0.15, 0.2) is 0 Å². The summed E-state index contributed by atoms with van der Waals surface area (Å²) in [4.78, 5) is 23.9. The number of hydrogen-bond donors (Lipinski definition) is 2. The van der Waals surface area contributed by atoms with Crippen molar-refractivity contribution in [2.45, 2.75) is 19.8 Å². The van der Waals surface area contributed by atoms with Gasteiger partial charge in [0.05, 0.1) is 6.61 Å². The summed E-state index contributed by atoms with van der Waals surface area (Å²) in [6, 6.07) is -0.0563. The van der Waals surface area contributed by atoms with Crippen LogP contribution in [0.15, 0.2) is 0 Å². The maximum absolute atomic E-state index is 11.7. The van der Waals surface area contributed by atoms with E-state index in [-0.39, 0.29) is 12.6 Å². The van der Waals surface area contributed by atoms with Crippen LogP contribution in [0.25, 0.3) is 0 Å². The van der Waals surface area contributed by atoms with Gasteiger partial charge in [-0.2, -0.15) is 0 Å². The van der Waals surface area contributed by atoms with E-state index in [1.54, 1.807) is 0 Å². The molecule has 1 unspecified atom stereocenters. The number of nitrogens with zero attached hydrogens (tertiary/aromatic N) is 1. The van der Waals surface area contributed by atoms with E-state index in [9.17, 15) is 9.59 Å². The lowest BCUT2D eigenvalue weighted by Gasteiger charge is -2.30. The predicted octanol–water partition coefficient (Wildman–Crippen LogP) is -0.0702. The second-order valence-corrected chi connectivity index (χ2v) is 4.44. The van der Waals surface area contributed by atoms with Crippen LogP contribution in [0, 0.1) is 5.92 Å². The molecule has 1 aliphatic rings. The summed E-state index contributed by atoms with van der Waals surface area (Å²) < 4.78 is 4.95. The zero-order valence-corrected chi connectivity index (χ0v) is 10.3. The highest BCUT2D eigenvalue weighted by molar-refractivity contribution is 5.75. The largest absolute Gasteiger partial charge is 0.370 e. The molecule has 0 bridgehead atoms. The first-order valence-electron chi connectivity index (χ1n) is 5.98. The van der Waals surface area contributed by atoms with Crippen molar-refractivity contribution in [1.82, 2.24) is 10.2 Å². The number of amides is 3. The first kappa shape index (κ1) is 13.8. The molecular weight excluding hydrogens is 222 g/mol. The molecule has 6 heteroatoms. The van der Waals surface area contributed by atoms with Gasteiger partial charge >= 0.3 is 6.03 Å². The molecule has 17 heavy (non-hydrogen) atoms. The Morgan fingerprint density at radius 1 is 1.53 bits per heavy atom. The van der Waals surface area contributed by atoms with Crippen LogP contribution in [0.1, 0.15) is 19.8 Å². The van der Waals surface area contributed by atoms with E-state index in [4.69, 9.17) is 10.5 Å². The van der Waals surface area contributed by atoms with Crippen LogP contribution < -0.4 is 11.1 Å². The van der Waals surface area contributed by atoms with Crippen molar-refractivity contribution in [2.24, 2.45) is 11.7 Å². The number of urea groups is 1. The molecule has 0 aromatic carbocycles. The minimum atomic E-state index is -0.499. The Kier molecular flexibility index (Phi) is 5.76. The standard InChI is InChI=1S/C11H21N3O3/c1-9-3-2-5-14(7-9)11(16)13-4-6-17-8-10(12)15/h9H,2-8H2,1H3,(H2,12,15)(H,13,16). The summed E-state index contributed by atoms with van der Waals surface area (Å²) in [5.41, 5.74) is 4.91. The molecular formula is C11H21N3O3. The van der Waals surface area contributed by atoms with E-state index < -0.39 is 5.91 Å². The summed E-state index contributed by atoms with van der Waals surface area (Å²) in [7, 11) is 0. The number of ether oxygens (including phenoxy) is 1. The summed E-state index contributed by atoms with van der Waals surface area (Å²) in [5, 5.41) is 2.76. The molecule has 6 nitrogen and oxygen atoms in total. The monoisotopic (exact) mass is 243 g/mol. The number of piperidine rings is 1. The van der Waals surface area contributed by atoms with Gasteiger partial charge in [0.1, 0.15) is 6.61 Å². The normalized spacial score (nSPS) is 20.1. The highest BCUT2D eigenvalue weighted by Crippen LogP contribution is 2.14. The molecule has 0 aromatic heterocycles. The number of likely N-dealkylation sites (tertiary alicyclic amines) is 1. The Bertz CT molecular complexity index is 271. The van der Waals surface area contributed by atoms with Gasteiger partial charge in [0.25, 0.3) is 0 Å². The number of rotatable bonds is 5. The summed E-state index contributed by atoms with van der Waals surface area (Å²) in [5.74, 6) is 0.0711. The smallest absolute Gasteiger partial charge is 0.317 e. The third kappa shape index (κ3) is 5.53. The van der Waals surface area contributed by atoms with Crippen molar-refractivity contribution in [3.63, 3.8) is 0 Å². The van der Waals surface area contributed by atoms with E-state index in [1.165, 1.54) is 6.42 Å². The molecule has 3 N–H and O–H groups in total. The minimum absolute atomic E-state index is 0.0563. The van der Waals surface area contributed by atoms with Gasteiger partial charge in [-0.05, 0) is 18.8 Å². The second-order valence-electron chi connectivity index (χ2n) is 4.44. The molecule has 1 heterocycles. The topological polar surface area (TPSA) is 84.7 Å². The third-order valence-corrected chi connectivity index (χ3v) is 2.71. The number of nitrogens with one attached hydrogen (secondary N) is 1. The number of primary amides is 1. The molecule has 0 aliphatic carbocycles. The Morgan fingerprint density at radius 3 is 2.94 bits per heavy atom. The molecule has 1 atom stereocenters. The number of nitrogens with two attached hydrogens (primary N) is 1. The highest BCUT2D eigenvalue weighted by atomic mass is 16.5. The van der Waals surface area contributed by atoms with Gasteiger partial charge in [-0.3, -0.25) is 4.79 Å². The maximum Gasteiger partial charge on any atom is 0.317 e. The molecule has 0 aromatic rings. The van der Waals surface area contributed by atoms with Crippen molar-refractivity contribution in [3.05, 3.63) is 0 Å². The Balaban J connectivity index is 2.10. The molecule has 0 radical (unpaired) electrons. The molecule has 1 rings (SSSR count). The lowest BCUT2D eigenvalue weighted by Crippen LogP contribution is -2.45. The van der Waals surface area contributed by atoms with Crippen LogP contribution in [-0.4, -0.2) is 49.7 Å². The van der Waals surface area contributed by atoms with Crippen LogP contribution in [0.3, 0.4) is 0 Å². The quantitative estimate of drug-likeness (QED) is 0.663. The number of carbonyl (C=O) groups is 2. The fourth-order valence-corrected chi connectivity index (χ4v) is 1.89. The Labute approximate surface area is 101 Å². The fraction of sp³-hybridized carbons (Fsp3) is 0.818. The zero-order chi connectivity index (χ0) is 12.7. The van der Waals surface area contributed by atoms with Crippen molar-refractivity contribution in [2.75, 3.05) is 32.8 Å². The molecule has 1 aliphatic heterocycles. The van der Waals surface area contributed by atoms with E-state index >= 15 is 0 Å². The first-order valence-corrected chi connectivity index (χ1v) is 5.98. The minimum Gasteiger partial charge on any atom is -0.370 e. The van der Waals surface area contributed by atoms with E-state index in [2.05, 4.69) is 12.2 Å². The van der Waals surface area contributed by atoms with E-state index in [1.807, 2.05) is 4.90 Å². The van der Waals surface area contributed by atoms with Crippen molar-refractivity contribution < 1.29 is 14.3 Å². The van der Waals surface area contributed by atoms with E-state index in [0.29, 0.717) is 19.1 Å². The molecule has 0 saturated carbocycles. The first-order chi connectivity index (χ1) is 8.09. The van der Waals surface area contributed by atoms with Gasteiger partial charge in [-0.1, -0.05) is 6.92 Å². The second kappa shape index (κ2) is 7.11. The van der Waals surface area contributed by atoms with Gasteiger partial charge < -0.3 is 20.7 Å². The van der Waals surface area contributed by atoms with Crippen LogP contribution in [0.2, 0.25) is 0 Å². The van der Waals surface area contributed by atoms with Crippen LogP contribution >= 0.6 is 0 Å². The Morgan fingerprint density at radius 2 is 2.29 bits per heavy atom. The van der Waals surface area contributed by atoms with Gasteiger partial charge in [-0.15, -0.1) is 0 Å². The van der Waals surface area contributed by atoms with Crippen molar-refractivity contribution >= 4 is 11.9 Å². The number of hydrogen-bond acceptors (Lipinski definition) is 3. The van der Waals surface area contributed by atoms with Gasteiger partial charge in [-0.25, -0.2) is 4.79 Å². The molecule has 1 saturated heterocycles. The zero-order valence-electron chi connectivity index (χ0n) is 10.3. The summed E-state index contributed by atoms with van der Waals surface area (Å²) >= 11 is 0.